The van der Waals surface area contributed by atoms with Crippen LogP contribution in [0.3, 0.4) is 0 Å². The third kappa shape index (κ3) is 6.34. The van der Waals surface area contributed by atoms with E-state index in [9.17, 15) is 4.79 Å². The van der Waals surface area contributed by atoms with Crippen LogP contribution in [0.25, 0.3) is 0 Å². The van der Waals surface area contributed by atoms with Gasteiger partial charge in [0.15, 0.2) is 8.32 Å². The smallest absolute Gasteiger partial charge is 0.337 e. The summed E-state index contributed by atoms with van der Waals surface area (Å²) in [5.41, 5.74) is 2.34. The van der Waals surface area contributed by atoms with Crippen LogP contribution in [0.4, 0.5) is 0 Å². The average molecular weight is 417 g/mol. The summed E-state index contributed by atoms with van der Waals surface area (Å²) in [5.74, 6) is 0.932. The molecule has 0 radical (unpaired) electrons. The largest absolute Gasteiger partial charge is 0.497 e. The molecule has 0 unspecified atom stereocenters. The third-order valence-electron chi connectivity index (χ3n) is 5.33. The number of rotatable bonds is 8. The van der Waals surface area contributed by atoms with Crippen molar-refractivity contribution in [3.63, 3.8) is 0 Å². The number of esters is 1. The Balaban J connectivity index is 2.07. The molecule has 0 heterocycles. The molecule has 0 amide bonds. The standard InChI is InChI=1S/C23H32O5Si/c1-23(2,3)29(6,7)28-16-17-9-8-10-20(12-17)27-15-18-11-19(22(24)26-5)14-21(13-18)25-4/h8-14H,15-16H2,1-7H3. The summed E-state index contributed by atoms with van der Waals surface area (Å²) in [6.07, 6.45) is 0. The zero-order valence-corrected chi connectivity index (χ0v) is 19.5. The van der Waals surface area contributed by atoms with Crippen molar-refractivity contribution in [2.45, 2.75) is 52.1 Å². The van der Waals surface area contributed by atoms with E-state index in [-0.39, 0.29) is 5.04 Å². The first-order chi connectivity index (χ1) is 13.6. The lowest BCUT2D eigenvalue weighted by atomic mass is 10.1. The maximum Gasteiger partial charge on any atom is 0.337 e. The highest BCUT2D eigenvalue weighted by Crippen LogP contribution is 2.37. The van der Waals surface area contributed by atoms with Gasteiger partial charge in [-0.2, -0.15) is 0 Å². The number of ether oxygens (including phenoxy) is 3. The molecule has 5 nitrogen and oxygen atoms in total. The Kier molecular flexibility index (Phi) is 7.49. The van der Waals surface area contributed by atoms with Crippen molar-refractivity contribution < 1.29 is 23.4 Å². The molecule has 0 bridgehead atoms. The van der Waals surface area contributed by atoms with Gasteiger partial charge in [0, 0.05) is 0 Å². The molecule has 0 aliphatic rings. The molecular formula is C23H32O5Si. The Morgan fingerprint density at radius 3 is 2.24 bits per heavy atom. The first-order valence-corrected chi connectivity index (χ1v) is 12.6. The maximum absolute atomic E-state index is 11.8. The van der Waals surface area contributed by atoms with E-state index < -0.39 is 14.3 Å². The van der Waals surface area contributed by atoms with E-state index in [1.807, 2.05) is 30.3 Å². The van der Waals surface area contributed by atoms with Gasteiger partial charge in [0.2, 0.25) is 0 Å². The van der Waals surface area contributed by atoms with E-state index in [1.165, 1.54) is 7.11 Å². The van der Waals surface area contributed by atoms with Crippen molar-refractivity contribution in [3.05, 3.63) is 59.2 Å². The fraction of sp³-hybridized carbons (Fsp3) is 0.435. The van der Waals surface area contributed by atoms with Crippen molar-refractivity contribution in [2.24, 2.45) is 0 Å². The molecule has 2 rings (SSSR count). The van der Waals surface area contributed by atoms with Crippen molar-refractivity contribution in [1.29, 1.82) is 0 Å². The highest BCUT2D eigenvalue weighted by Gasteiger charge is 2.37. The number of carbonyl (C=O) groups excluding carboxylic acids is 1. The van der Waals surface area contributed by atoms with E-state index >= 15 is 0 Å². The Bertz CT molecular complexity index is 839. The second kappa shape index (κ2) is 9.46. The minimum atomic E-state index is -1.81. The van der Waals surface area contributed by atoms with Crippen LogP contribution >= 0.6 is 0 Å². The van der Waals surface area contributed by atoms with Crippen LogP contribution in [0, 0.1) is 0 Å². The number of hydrogen-bond donors (Lipinski definition) is 0. The predicted octanol–water partition coefficient (Wildman–Crippen LogP) is 5.58. The summed E-state index contributed by atoms with van der Waals surface area (Å²) in [7, 11) is 1.11. The van der Waals surface area contributed by atoms with Gasteiger partial charge in [0.25, 0.3) is 0 Å². The van der Waals surface area contributed by atoms with E-state index in [2.05, 4.69) is 33.9 Å². The molecular weight excluding hydrogens is 384 g/mol. The first-order valence-electron chi connectivity index (χ1n) is 9.67. The van der Waals surface area contributed by atoms with Gasteiger partial charge in [-0.15, -0.1) is 0 Å². The van der Waals surface area contributed by atoms with Gasteiger partial charge in [0.1, 0.15) is 18.1 Å². The second-order valence-electron chi connectivity index (χ2n) is 8.55. The Hall–Kier alpha value is -2.31. The molecule has 0 aromatic heterocycles. The highest BCUT2D eigenvalue weighted by atomic mass is 28.4. The quantitative estimate of drug-likeness (QED) is 0.415. The van der Waals surface area contributed by atoms with Crippen molar-refractivity contribution in [3.8, 4) is 11.5 Å². The molecule has 0 spiro atoms. The fourth-order valence-electron chi connectivity index (χ4n) is 2.47. The molecule has 2 aromatic rings. The van der Waals surface area contributed by atoms with Crippen molar-refractivity contribution in [1.82, 2.24) is 0 Å². The second-order valence-corrected chi connectivity index (χ2v) is 13.4. The monoisotopic (exact) mass is 416 g/mol. The molecule has 0 aliphatic heterocycles. The van der Waals surface area contributed by atoms with Gasteiger partial charge < -0.3 is 18.6 Å². The molecule has 0 atom stereocenters. The van der Waals surface area contributed by atoms with Crippen LogP contribution in [0.15, 0.2) is 42.5 Å². The number of benzene rings is 2. The summed E-state index contributed by atoms with van der Waals surface area (Å²) >= 11 is 0. The molecule has 2 aromatic carbocycles. The zero-order valence-electron chi connectivity index (χ0n) is 18.5. The Labute approximate surface area is 175 Å². The van der Waals surface area contributed by atoms with Crippen LogP contribution in [0.1, 0.15) is 42.3 Å². The normalized spacial score (nSPS) is 11.8. The summed E-state index contributed by atoms with van der Waals surface area (Å²) in [5, 5.41) is 0.171. The molecule has 0 aliphatic carbocycles. The average Bonchev–Trinajstić information content (AvgIpc) is 2.69. The third-order valence-corrected chi connectivity index (χ3v) is 9.81. The SMILES string of the molecule is COC(=O)c1cc(COc2cccc(CO[Si](C)(C)C(C)(C)C)c2)cc(OC)c1. The lowest BCUT2D eigenvalue weighted by Crippen LogP contribution is -2.40. The molecule has 0 N–H and O–H groups in total. The van der Waals surface area contributed by atoms with Gasteiger partial charge in [-0.1, -0.05) is 32.9 Å². The molecule has 6 heteroatoms. The van der Waals surface area contributed by atoms with E-state index in [0.717, 1.165) is 16.9 Å². The van der Waals surface area contributed by atoms with E-state index in [0.29, 0.717) is 24.5 Å². The Morgan fingerprint density at radius 1 is 0.931 bits per heavy atom. The van der Waals surface area contributed by atoms with Crippen LogP contribution in [0.5, 0.6) is 11.5 Å². The zero-order chi connectivity index (χ0) is 21.7. The van der Waals surface area contributed by atoms with Gasteiger partial charge in [-0.25, -0.2) is 4.79 Å². The summed E-state index contributed by atoms with van der Waals surface area (Å²) in [6.45, 7) is 12.1. The van der Waals surface area contributed by atoms with E-state index in [1.54, 1.807) is 19.2 Å². The number of hydrogen-bond acceptors (Lipinski definition) is 5. The fourth-order valence-corrected chi connectivity index (χ4v) is 3.43. The number of methoxy groups -OCH3 is 2. The molecule has 0 saturated heterocycles. The molecule has 0 saturated carbocycles. The minimum absolute atomic E-state index is 0.171. The van der Waals surface area contributed by atoms with Crippen molar-refractivity contribution >= 4 is 14.3 Å². The lowest BCUT2D eigenvalue weighted by Gasteiger charge is -2.36. The molecule has 158 valence electrons. The highest BCUT2D eigenvalue weighted by molar-refractivity contribution is 6.74. The lowest BCUT2D eigenvalue weighted by molar-refractivity contribution is 0.0600. The van der Waals surface area contributed by atoms with Crippen LogP contribution in [0.2, 0.25) is 18.1 Å². The molecule has 0 fully saturated rings. The minimum Gasteiger partial charge on any atom is -0.497 e. The molecule has 29 heavy (non-hydrogen) atoms. The Morgan fingerprint density at radius 2 is 1.62 bits per heavy atom. The number of carbonyl (C=O) groups is 1. The van der Waals surface area contributed by atoms with Gasteiger partial charge in [-0.05, 0) is 59.6 Å². The predicted molar refractivity (Wildman–Crippen MR) is 117 cm³/mol. The van der Waals surface area contributed by atoms with Gasteiger partial charge in [0.05, 0.1) is 26.4 Å². The summed E-state index contributed by atoms with van der Waals surface area (Å²) in [4.78, 5) is 11.8. The maximum atomic E-state index is 11.8. The van der Waals surface area contributed by atoms with Crippen LogP contribution in [-0.4, -0.2) is 28.5 Å². The first kappa shape index (κ1) is 23.0. The van der Waals surface area contributed by atoms with Crippen LogP contribution < -0.4 is 9.47 Å². The van der Waals surface area contributed by atoms with E-state index in [4.69, 9.17) is 18.6 Å². The van der Waals surface area contributed by atoms with Gasteiger partial charge >= 0.3 is 5.97 Å². The summed E-state index contributed by atoms with van der Waals surface area (Å²) < 4.78 is 22.3. The summed E-state index contributed by atoms with van der Waals surface area (Å²) in [6, 6.07) is 13.2. The topological polar surface area (TPSA) is 54.0 Å². The van der Waals surface area contributed by atoms with Crippen LogP contribution in [-0.2, 0) is 22.4 Å². The van der Waals surface area contributed by atoms with Gasteiger partial charge in [-0.3, -0.25) is 0 Å². The van der Waals surface area contributed by atoms with Crippen molar-refractivity contribution in [2.75, 3.05) is 14.2 Å².